The van der Waals surface area contributed by atoms with Crippen molar-refractivity contribution in [3.05, 3.63) is 70.0 Å². The second kappa shape index (κ2) is 5.97. The van der Waals surface area contributed by atoms with E-state index in [1.54, 1.807) is 7.11 Å². The number of nitrogens with one attached hydrogen (secondary N) is 1. The van der Waals surface area contributed by atoms with Gasteiger partial charge in [0, 0.05) is 6.07 Å². The summed E-state index contributed by atoms with van der Waals surface area (Å²) in [5.41, 5.74) is 1.90. The van der Waals surface area contributed by atoms with Gasteiger partial charge in [-0.25, -0.2) is 9.37 Å². The van der Waals surface area contributed by atoms with Crippen molar-refractivity contribution in [2.75, 3.05) is 7.11 Å². The molecule has 1 N–H and O–H groups in total. The van der Waals surface area contributed by atoms with E-state index in [1.165, 1.54) is 18.5 Å². The maximum atomic E-state index is 13.7. The van der Waals surface area contributed by atoms with Gasteiger partial charge in [0.1, 0.15) is 11.6 Å². The number of halogens is 1. The lowest BCUT2D eigenvalue weighted by Crippen LogP contribution is -2.10. The van der Waals surface area contributed by atoms with Gasteiger partial charge in [0.05, 0.1) is 24.3 Å². The minimum Gasteiger partial charge on any atom is -0.497 e. The SMILES string of the molecule is COc1ccc(CCc2cc(F)cc3nc[nH]c(=O)c23)cc1. The highest BCUT2D eigenvalue weighted by Crippen LogP contribution is 2.18. The van der Waals surface area contributed by atoms with E-state index >= 15 is 0 Å². The number of H-pyrrole nitrogens is 1. The lowest BCUT2D eigenvalue weighted by atomic mass is 10.0. The van der Waals surface area contributed by atoms with Crippen molar-refractivity contribution in [1.82, 2.24) is 9.97 Å². The molecular weight excluding hydrogens is 283 g/mol. The van der Waals surface area contributed by atoms with Gasteiger partial charge in [-0.2, -0.15) is 0 Å². The highest BCUT2D eigenvalue weighted by molar-refractivity contribution is 5.81. The van der Waals surface area contributed by atoms with E-state index in [4.69, 9.17) is 4.74 Å². The zero-order valence-corrected chi connectivity index (χ0v) is 12.1. The Balaban J connectivity index is 1.91. The normalized spacial score (nSPS) is 10.8. The number of hydrogen-bond donors (Lipinski definition) is 1. The number of rotatable bonds is 4. The quantitative estimate of drug-likeness (QED) is 0.806. The fourth-order valence-corrected chi connectivity index (χ4v) is 2.51. The van der Waals surface area contributed by atoms with Gasteiger partial charge < -0.3 is 9.72 Å². The molecular formula is C17H15FN2O2. The number of aromatic nitrogens is 2. The van der Waals surface area contributed by atoms with Gasteiger partial charge in [0.15, 0.2) is 0 Å². The first-order valence-electron chi connectivity index (χ1n) is 6.96. The van der Waals surface area contributed by atoms with Crippen molar-refractivity contribution in [3.63, 3.8) is 0 Å². The number of nitrogens with zero attached hydrogens (tertiary/aromatic N) is 1. The van der Waals surface area contributed by atoms with Gasteiger partial charge in [-0.3, -0.25) is 4.79 Å². The summed E-state index contributed by atoms with van der Waals surface area (Å²) >= 11 is 0. The van der Waals surface area contributed by atoms with E-state index < -0.39 is 0 Å². The van der Waals surface area contributed by atoms with Crippen LogP contribution in [-0.4, -0.2) is 17.1 Å². The molecule has 0 aliphatic carbocycles. The summed E-state index contributed by atoms with van der Waals surface area (Å²) < 4.78 is 18.8. The number of benzene rings is 2. The minimum atomic E-state index is -0.379. The smallest absolute Gasteiger partial charge is 0.258 e. The standard InChI is InChI=1S/C17H15FN2O2/c1-22-14-6-3-11(4-7-14)2-5-12-8-13(18)9-15-16(12)17(21)20-10-19-15/h3-4,6-10H,2,5H2,1H3,(H,19,20,21). The van der Waals surface area contributed by atoms with Crippen molar-refractivity contribution in [1.29, 1.82) is 0 Å². The van der Waals surface area contributed by atoms with E-state index in [0.29, 0.717) is 29.3 Å². The fourth-order valence-electron chi connectivity index (χ4n) is 2.51. The number of methoxy groups -OCH3 is 1. The maximum Gasteiger partial charge on any atom is 0.258 e. The van der Waals surface area contributed by atoms with Crippen LogP contribution >= 0.6 is 0 Å². The molecule has 2 aromatic carbocycles. The molecule has 4 nitrogen and oxygen atoms in total. The number of fused-ring (bicyclic) bond motifs is 1. The van der Waals surface area contributed by atoms with Gasteiger partial charge in [0.25, 0.3) is 5.56 Å². The van der Waals surface area contributed by atoms with Crippen molar-refractivity contribution >= 4 is 10.9 Å². The molecule has 1 aromatic heterocycles. The van der Waals surface area contributed by atoms with Gasteiger partial charge in [0.2, 0.25) is 0 Å². The molecule has 0 spiro atoms. The number of aryl methyl sites for hydroxylation is 2. The van der Waals surface area contributed by atoms with Crippen molar-refractivity contribution in [2.24, 2.45) is 0 Å². The Bertz CT molecular complexity index is 857. The van der Waals surface area contributed by atoms with Crippen LogP contribution in [0.1, 0.15) is 11.1 Å². The van der Waals surface area contributed by atoms with Crippen LogP contribution in [0.2, 0.25) is 0 Å². The molecule has 3 rings (SSSR count). The molecule has 0 fully saturated rings. The Labute approximate surface area is 126 Å². The van der Waals surface area contributed by atoms with Crippen molar-refractivity contribution < 1.29 is 9.13 Å². The molecule has 0 saturated carbocycles. The van der Waals surface area contributed by atoms with Crippen LogP contribution < -0.4 is 10.3 Å². The summed E-state index contributed by atoms with van der Waals surface area (Å²) in [7, 11) is 1.62. The molecule has 0 saturated heterocycles. The average Bonchev–Trinajstić information content (AvgIpc) is 2.53. The molecule has 112 valence electrons. The molecule has 5 heteroatoms. The van der Waals surface area contributed by atoms with Crippen LogP contribution in [0.3, 0.4) is 0 Å². The van der Waals surface area contributed by atoms with Gasteiger partial charge in [-0.1, -0.05) is 12.1 Å². The van der Waals surface area contributed by atoms with Crippen LogP contribution in [-0.2, 0) is 12.8 Å². The number of aromatic amines is 1. The van der Waals surface area contributed by atoms with E-state index in [1.807, 2.05) is 24.3 Å². The Morgan fingerprint density at radius 1 is 1.18 bits per heavy atom. The third-order valence-corrected chi connectivity index (χ3v) is 3.63. The molecule has 1 heterocycles. The minimum absolute atomic E-state index is 0.241. The predicted octanol–water partition coefficient (Wildman–Crippen LogP) is 2.86. The second-order valence-corrected chi connectivity index (χ2v) is 5.04. The van der Waals surface area contributed by atoms with E-state index in [-0.39, 0.29) is 11.4 Å². The number of hydrogen-bond acceptors (Lipinski definition) is 3. The second-order valence-electron chi connectivity index (χ2n) is 5.04. The monoisotopic (exact) mass is 298 g/mol. The Morgan fingerprint density at radius 3 is 2.68 bits per heavy atom. The van der Waals surface area contributed by atoms with E-state index in [2.05, 4.69) is 9.97 Å². The van der Waals surface area contributed by atoms with Crippen LogP contribution in [0, 0.1) is 5.82 Å². The predicted molar refractivity (Wildman–Crippen MR) is 82.7 cm³/mol. The largest absolute Gasteiger partial charge is 0.497 e. The Kier molecular flexibility index (Phi) is 3.87. The fraction of sp³-hybridized carbons (Fsp3) is 0.176. The summed E-state index contributed by atoms with van der Waals surface area (Å²) in [6, 6.07) is 10.4. The molecule has 0 atom stereocenters. The Morgan fingerprint density at radius 2 is 1.95 bits per heavy atom. The lowest BCUT2D eigenvalue weighted by Gasteiger charge is -2.07. The van der Waals surface area contributed by atoms with E-state index in [0.717, 1.165) is 11.3 Å². The molecule has 3 aromatic rings. The van der Waals surface area contributed by atoms with Gasteiger partial charge in [-0.05, 0) is 42.2 Å². The summed E-state index contributed by atoms with van der Waals surface area (Å²) in [6.45, 7) is 0. The van der Waals surface area contributed by atoms with E-state index in [9.17, 15) is 9.18 Å². The first-order chi connectivity index (χ1) is 10.7. The average molecular weight is 298 g/mol. The van der Waals surface area contributed by atoms with Gasteiger partial charge in [-0.15, -0.1) is 0 Å². The zero-order chi connectivity index (χ0) is 15.5. The van der Waals surface area contributed by atoms with Gasteiger partial charge >= 0.3 is 0 Å². The third kappa shape index (κ3) is 2.83. The Hall–Kier alpha value is -2.69. The summed E-state index contributed by atoms with van der Waals surface area (Å²) in [5.74, 6) is 0.413. The maximum absolute atomic E-state index is 13.7. The zero-order valence-electron chi connectivity index (χ0n) is 12.1. The molecule has 0 aliphatic rings. The van der Waals surface area contributed by atoms with Crippen LogP contribution in [0.4, 0.5) is 4.39 Å². The highest BCUT2D eigenvalue weighted by atomic mass is 19.1. The van der Waals surface area contributed by atoms with Crippen LogP contribution in [0.25, 0.3) is 10.9 Å². The molecule has 0 bridgehead atoms. The topological polar surface area (TPSA) is 55.0 Å². The van der Waals surface area contributed by atoms with Crippen molar-refractivity contribution in [2.45, 2.75) is 12.8 Å². The summed E-state index contributed by atoms with van der Waals surface area (Å²) in [6.07, 6.45) is 2.56. The highest BCUT2D eigenvalue weighted by Gasteiger charge is 2.09. The molecule has 0 radical (unpaired) electrons. The van der Waals surface area contributed by atoms with Crippen molar-refractivity contribution in [3.8, 4) is 5.75 Å². The molecule has 22 heavy (non-hydrogen) atoms. The third-order valence-electron chi connectivity index (χ3n) is 3.63. The first-order valence-corrected chi connectivity index (χ1v) is 6.96. The molecule has 0 unspecified atom stereocenters. The summed E-state index contributed by atoms with van der Waals surface area (Å²) in [4.78, 5) is 18.5. The lowest BCUT2D eigenvalue weighted by molar-refractivity contribution is 0.414. The first kappa shape index (κ1) is 14.3. The van der Waals surface area contributed by atoms with Crippen LogP contribution in [0.5, 0.6) is 5.75 Å². The summed E-state index contributed by atoms with van der Waals surface area (Å²) in [5, 5.41) is 0.456. The molecule has 0 aliphatic heterocycles. The molecule has 0 amide bonds. The van der Waals surface area contributed by atoms with Crippen LogP contribution in [0.15, 0.2) is 47.5 Å². The number of ether oxygens (including phenoxy) is 1.